The van der Waals surface area contributed by atoms with Crippen molar-refractivity contribution in [3.63, 3.8) is 0 Å². The van der Waals surface area contributed by atoms with E-state index in [-0.39, 0.29) is 0 Å². The van der Waals surface area contributed by atoms with Crippen molar-refractivity contribution >= 4 is 31.5 Å². The molecule has 10 aromatic rings. The topological polar surface area (TPSA) is 38.7 Å². The minimum Gasteiger partial charge on any atom is -0.208 e. The second-order valence-electron chi connectivity index (χ2n) is 13.6. The van der Waals surface area contributed by atoms with Crippen LogP contribution in [-0.2, 0) is 0 Å². The zero-order chi connectivity index (χ0) is 36.6. The quantitative estimate of drug-likeness (QED) is 0.165. The van der Waals surface area contributed by atoms with E-state index < -0.39 is 0 Å². The van der Waals surface area contributed by atoms with E-state index in [0.717, 1.165) is 50.1 Å². The Hall–Kier alpha value is -7.01. The monoisotopic (exact) mass is 719 g/mol. The second-order valence-corrected chi connectivity index (χ2v) is 14.6. The van der Waals surface area contributed by atoms with Crippen molar-refractivity contribution in [1.29, 1.82) is 0 Å². The minimum absolute atomic E-state index is 0.629. The van der Waals surface area contributed by atoms with Crippen LogP contribution in [-0.4, -0.2) is 15.0 Å². The van der Waals surface area contributed by atoms with Crippen LogP contribution >= 0.6 is 11.3 Å². The van der Waals surface area contributed by atoms with Gasteiger partial charge in [-0.25, -0.2) is 15.0 Å². The minimum atomic E-state index is 0.629. The Morgan fingerprint density at radius 3 is 1.24 bits per heavy atom. The lowest BCUT2D eigenvalue weighted by Crippen LogP contribution is -2.02. The van der Waals surface area contributed by atoms with E-state index >= 15 is 0 Å². The Bertz CT molecular complexity index is 2850. The molecular formula is C51H33N3S. The molecule has 2 heterocycles. The highest BCUT2D eigenvalue weighted by Gasteiger charge is 2.18. The summed E-state index contributed by atoms with van der Waals surface area (Å²) in [6.07, 6.45) is 0. The van der Waals surface area contributed by atoms with Gasteiger partial charge < -0.3 is 0 Å². The summed E-state index contributed by atoms with van der Waals surface area (Å²) < 4.78 is 2.65. The Balaban J connectivity index is 1.04. The molecule has 0 spiro atoms. The SMILES string of the molecule is c1ccc(-c2ccccc2-c2nc(-c3ccc(-c4ccc(-c5cccc6c5sc5ccccc56)cc4)cc3)nc(-c3ccccc3-c3ccccc3)n2)cc1. The zero-order valence-corrected chi connectivity index (χ0v) is 30.6. The van der Waals surface area contributed by atoms with E-state index in [4.69, 9.17) is 15.0 Å². The summed E-state index contributed by atoms with van der Waals surface area (Å²) in [6, 6.07) is 70.3. The molecule has 0 N–H and O–H groups in total. The molecular weight excluding hydrogens is 687 g/mol. The highest BCUT2D eigenvalue weighted by Crippen LogP contribution is 2.40. The molecule has 4 heteroatoms. The zero-order valence-electron chi connectivity index (χ0n) is 29.8. The van der Waals surface area contributed by atoms with Crippen LogP contribution in [0.2, 0.25) is 0 Å². The first-order chi connectivity index (χ1) is 27.3. The third-order valence-electron chi connectivity index (χ3n) is 10.2. The maximum atomic E-state index is 5.18. The number of aromatic nitrogens is 3. The van der Waals surface area contributed by atoms with Crippen molar-refractivity contribution < 1.29 is 0 Å². The van der Waals surface area contributed by atoms with Gasteiger partial charge in [0.1, 0.15) is 0 Å². The molecule has 0 amide bonds. The fourth-order valence-electron chi connectivity index (χ4n) is 7.47. The summed E-state index contributed by atoms with van der Waals surface area (Å²) in [6.45, 7) is 0. The van der Waals surface area contributed by atoms with Crippen LogP contribution < -0.4 is 0 Å². The summed E-state index contributed by atoms with van der Waals surface area (Å²) in [7, 11) is 0. The van der Waals surface area contributed by atoms with Crippen molar-refractivity contribution in [2.75, 3.05) is 0 Å². The Morgan fingerprint density at radius 1 is 0.255 bits per heavy atom. The van der Waals surface area contributed by atoms with Crippen molar-refractivity contribution in [2.24, 2.45) is 0 Å². The molecule has 0 bridgehead atoms. The van der Waals surface area contributed by atoms with Crippen molar-refractivity contribution in [3.8, 4) is 78.7 Å². The predicted molar refractivity (Wildman–Crippen MR) is 231 cm³/mol. The summed E-state index contributed by atoms with van der Waals surface area (Å²) >= 11 is 1.86. The van der Waals surface area contributed by atoms with Gasteiger partial charge in [0.15, 0.2) is 17.5 Å². The number of hydrogen-bond donors (Lipinski definition) is 0. The van der Waals surface area contributed by atoms with Gasteiger partial charge in [-0.15, -0.1) is 11.3 Å². The smallest absolute Gasteiger partial charge is 0.164 e. The highest BCUT2D eigenvalue weighted by molar-refractivity contribution is 7.26. The molecule has 3 nitrogen and oxygen atoms in total. The van der Waals surface area contributed by atoms with E-state index in [9.17, 15) is 0 Å². The van der Waals surface area contributed by atoms with Gasteiger partial charge in [-0.3, -0.25) is 0 Å². The number of nitrogens with zero attached hydrogens (tertiary/aromatic N) is 3. The third kappa shape index (κ3) is 6.19. The molecule has 0 saturated carbocycles. The number of benzene rings is 8. The maximum Gasteiger partial charge on any atom is 0.164 e. The van der Waals surface area contributed by atoms with Crippen LogP contribution in [0, 0.1) is 0 Å². The van der Waals surface area contributed by atoms with Crippen LogP contribution in [0.4, 0.5) is 0 Å². The van der Waals surface area contributed by atoms with E-state index in [1.54, 1.807) is 0 Å². The molecule has 0 unspecified atom stereocenters. The molecule has 0 aliphatic heterocycles. The van der Waals surface area contributed by atoms with E-state index in [2.05, 4.69) is 176 Å². The number of rotatable bonds is 7. The van der Waals surface area contributed by atoms with Gasteiger partial charge in [0.2, 0.25) is 0 Å². The van der Waals surface area contributed by atoms with Crippen LogP contribution in [0.5, 0.6) is 0 Å². The van der Waals surface area contributed by atoms with Crippen molar-refractivity contribution in [1.82, 2.24) is 15.0 Å². The van der Waals surface area contributed by atoms with Gasteiger partial charge in [-0.05, 0) is 50.6 Å². The molecule has 0 atom stereocenters. The highest BCUT2D eigenvalue weighted by atomic mass is 32.1. The van der Waals surface area contributed by atoms with Crippen LogP contribution in [0.15, 0.2) is 200 Å². The number of hydrogen-bond acceptors (Lipinski definition) is 4. The summed E-state index contributed by atoms with van der Waals surface area (Å²) in [5.41, 5.74) is 12.0. The van der Waals surface area contributed by atoms with Gasteiger partial charge in [0.25, 0.3) is 0 Å². The van der Waals surface area contributed by atoms with E-state index in [1.165, 1.54) is 31.3 Å². The molecule has 10 rings (SSSR count). The molecule has 8 aromatic carbocycles. The average Bonchev–Trinajstić information content (AvgIpc) is 3.66. The maximum absolute atomic E-state index is 5.18. The van der Waals surface area contributed by atoms with Gasteiger partial charge in [-0.2, -0.15) is 0 Å². The molecule has 0 saturated heterocycles. The lowest BCUT2D eigenvalue weighted by Gasteiger charge is -2.14. The molecule has 55 heavy (non-hydrogen) atoms. The van der Waals surface area contributed by atoms with Gasteiger partial charge in [0.05, 0.1) is 0 Å². The molecule has 0 aliphatic carbocycles. The lowest BCUT2D eigenvalue weighted by atomic mass is 9.97. The lowest BCUT2D eigenvalue weighted by molar-refractivity contribution is 1.07. The molecule has 0 aliphatic rings. The second kappa shape index (κ2) is 14.1. The first-order valence-corrected chi connectivity index (χ1v) is 19.3. The molecule has 0 fully saturated rings. The third-order valence-corrected chi connectivity index (χ3v) is 11.4. The van der Waals surface area contributed by atoms with E-state index in [0.29, 0.717) is 17.5 Å². The normalized spacial score (nSPS) is 11.3. The fraction of sp³-hybridized carbons (Fsp3) is 0. The number of fused-ring (bicyclic) bond motifs is 3. The Kier molecular flexibility index (Phi) is 8.36. The Morgan fingerprint density at radius 2 is 0.655 bits per heavy atom. The van der Waals surface area contributed by atoms with Gasteiger partial charge in [0, 0.05) is 36.9 Å². The fourth-order valence-corrected chi connectivity index (χ4v) is 8.71. The first kappa shape index (κ1) is 32.6. The largest absolute Gasteiger partial charge is 0.208 e. The first-order valence-electron chi connectivity index (χ1n) is 18.4. The van der Waals surface area contributed by atoms with Crippen LogP contribution in [0.1, 0.15) is 0 Å². The van der Waals surface area contributed by atoms with Crippen molar-refractivity contribution in [3.05, 3.63) is 200 Å². The van der Waals surface area contributed by atoms with Crippen molar-refractivity contribution in [2.45, 2.75) is 0 Å². The number of thiophene rings is 1. The van der Waals surface area contributed by atoms with Crippen LogP contribution in [0.3, 0.4) is 0 Å². The molecule has 0 radical (unpaired) electrons. The Labute approximate surface area is 323 Å². The van der Waals surface area contributed by atoms with Gasteiger partial charge in [-0.1, -0.05) is 194 Å². The molecule has 2 aromatic heterocycles. The summed E-state index contributed by atoms with van der Waals surface area (Å²) in [5, 5.41) is 2.63. The predicted octanol–water partition coefficient (Wildman–Crippen LogP) is 13.9. The molecule has 258 valence electrons. The average molecular weight is 720 g/mol. The van der Waals surface area contributed by atoms with E-state index in [1.807, 2.05) is 35.6 Å². The van der Waals surface area contributed by atoms with Crippen LogP contribution in [0.25, 0.3) is 98.8 Å². The standard InChI is InChI=1S/C51H33N3S/c1-3-14-36(15-4-1)40-18-7-9-21-45(40)50-52-49(53-51(54-50)46-22-10-8-19-41(46)37-16-5-2-6-17-37)39-32-28-35(29-33-39)34-26-30-38(31-27-34)42-23-13-24-44-43-20-11-12-25-47(43)55-48(42)44/h1-33H. The summed E-state index contributed by atoms with van der Waals surface area (Å²) in [4.78, 5) is 15.5. The summed E-state index contributed by atoms with van der Waals surface area (Å²) in [5.74, 6) is 1.90. The van der Waals surface area contributed by atoms with Gasteiger partial charge >= 0.3 is 0 Å².